The first-order valence-electron chi connectivity index (χ1n) is 12.9. The maximum Gasteiger partial charge on any atom is 0.355 e. The standard InChI is InChI=1S/C28H34ClFN4O5/c1-17(2)14-37-24-11-10-22(12-23(24)30)31-25-32-26(35)34(18(3)20-15-38-28(4,5)39-16-20)27(36)33(25)13-19-6-8-21(29)9-7-19/h6-12,17-18,20H,13-16H2,1-5H3,(H,31,32,35). The van der Waals surface area contributed by atoms with E-state index in [1.54, 1.807) is 37.3 Å². The highest BCUT2D eigenvalue weighted by molar-refractivity contribution is 6.30. The average molecular weight is 561 g/mol. The van der Waals surface area contributed by atoms with Crippen LogP contribution in [0, 0.1) is 17.7 Å². The second kappa shape index (κ2) is 11.9. The molecule has 1 N–H and O–H groups in total. The summed E-state index contributed by atoms with van der Waals surface area (Å²) in [4.78, 5) is 31.2. The van der Waals surface area contributed by atoms with Gasteiger partial charge in [0.25, 0.3) is 0 Å². The van der Waals surface area contributed by atoms with Crippen molar-refractivity contribution in [2.45, 2.75) is 53.0 Å². The van der Waals surface area contributed by atoms with Crippen LogP contribution in [0.15, 0.2) is 52.1 Å². The predicted molar refractivity (Wildman–Crippen MR) is 148 cm³/mol. The molecule has 210 valence electrons. The fourth-order valence-electron chi connectivity index (χ4n) is 4.14. The number of halogens is 2. The van der Waals surface area contributed by atoms with E-state index >= 15 is 0 Å². The number of nitrogens with one attached hydrogen (secondary N) is 1. The lowest BCUT2D eigenvalue weighted by atomic mass is 10.0. The van der Waals surface area contributed by atoms with Crippen molar-refractivity contribution in [3.8, 4) is 5.75 Å². The van der Waals surface area contributed by atoms with Gasteiger partial charge < -0.3 is 19.5 Å². The molecule has 0 radical (unpaired) electrons. The zero-order valence-corrected chi connectivity index (χ0v) is 23.5. The molecule has 1 unspecified atom stereocenters. The number of nitrogens with zero attached hydrogens (tertiary/aromatic N) is 3. The van der Waals surface area contributed by atoms with E-state index < -0.39 is 29.0 Å². The van der Waals surface area contributed by atoms with Crippen molar-refractivity contribution in [1.29, 1.82) is 0 Å². The van der Waals surface area contributed by atoms with Gasteiger partial charge in [0.05, 0.1) is 26.4 Å². The van der Waals surface area contributed by atoms with E-state index in [4.69, 9.17) is 25.8 Å². The monoisotopic (exact) mass is 560 g/mol. The van der Waals surface area contributed by atoms with Gasteiger partial charge in [-0.1, -0.05) is 37.6 Å². The van der Waals surface area contributed by atoms with Gasteiger partial charge in [-0.3, -0.25) is 4.57 Å². The lowest BCUT2D eigenvalue weighted by molar-refractivity contribution is -0.266. The molecule has 1 fully saturated rings. The highest BCUT2D eigenvalue weighted by atomic mass is 35.5. The molecule has 4 rings (SSSR count). The number of benzene rings is 2. The first-order chi connectivity index (χ1) is 18.4. The molecule has 9 nitrogen and oxygen atoms in total. The Morgan fingerprint density at radius 3 is 2.41 bits per heavy atom. The Balaban J connectivity index is 1.70. The molecule has 2 aromatic carbocycles. The molecule has 1 aromatic heterocycles. The molecule has 1 saturated heterocycles. The zero-order chi connectivity index (χ0) is 28.3. The number of hydrogen-bond donors (Lipinski definition) is 1. The van der Waals surface area contributed by atoms with Gasteiger partial charge in [0.15, 0.2) is 17.4 Å². The summed E-state index contributed by atoms with van der Waals surface area (Å²) in [6.07, 6.45) is 0. The van der Waals surface area contributed by atoms with E-state index in [9.17, 15) is 14.0 Å². The van der Waals surface area contributed by atoms with E-state index in [1.165, 1.54) is 16.7 Å². The van der Waals surface area contributed by atoms with Gasteiger partial charge in [-0.2, -0.15) is 4.98 Å². The van der Waals surface area contributed by atoms with Gasteiger partial charge >= 0.3 is 11.4 Å². The Morgan fingerprint density at radius 2 is 1.79 bits per heavy atom. The first kappa shape index (κ1) is 28.8. The van der Waals surface area contributed by atoms with Gasteiger partial charge in [-0.15, -0.1) is 0 Å². The summed E-state index contributed by atoms with van der Waals surface area (Å²) in [5, 5.41) is 3.50. The number of anilines is 2. The highest BCUT2D eigenvalue weighted by Gasteiger charge is 2.33. The van der Waals surface area contributed by atoms with Crippen LogP contribution in [0.5, 0.6) is 5.75 Å². The second-order valence-electron chi connectivity index (χ2n) is 10.6. The number of ether oxygens (including phenoxy) is 3. The number of hydrogen-bond acceptors (Lipinski definition) is 7. The number of aromatic nitrogens is 3. The van der Waals surface area contributed by atoms with Crippen LogP contribution in [0.25, 0.3) is 0 Å². The van der Waals surface area contributed by atoms with E-state index in [0.717, 1.165) is 10.1 Å². The summed E-state index contributed by atoms with van der Waals surface area (Å²) in [7, 11) is 0. The summed E-state index contributed by atoms with van der Waals surface area (Å²) >= 11 is 6.04. The molecular weight excluding hydrogens is 527 g/mol. The Labute approximate surface area is 231 Å². The van der Waals surface area contributed by atoms with Crippen molar-refractivity contribution in [3.05, 3.63) is 79.8 Å². The lowest BCUT2D eigenvalue weighted by Crippen LogP contribution is -2.49. The maximum atomic E-state index is 14.7. The molecule has 3 aromatic rings. The fourth-order valence-corrected chi connectivity index (χ4v) is 4.27. The average Bonchev–Trinajstić information content (AvgIpc) is 2.86. The minimum atomic E-state index is -0.732. The van der Waals surface area contributed by atoms with Gasteiger partial charge in [0.2, 0.25) is 5.95 Å². The topological polar surface area (TPSA) is 96.6 Å². The van der Waals surface area contributed by atoms with E-state index in [2.05, 4.69) is 10.3 Å². The SMILES string of the molecule is CC(C)COc1ccc(Nc2nc(=O)n(C(C)C3COC(C)(C)OC3)c(=O)n2Cc2ccc(Cl)cc2)cc1F. The van der Waals surface area contributed by atoms with Crippen LogP contribution in [0.2, 0.25) is 5.02 Å². The lowest BCUT2D eigenvalue weighted by Gasteiger charge is -2.37. The molecule has 2 heterocycles. The van der Waals surface area contributed by atoms with Crippen molar-refractivity contribution in [2.24, 2.45) is 11.8 Å². The largest absolute Gasteiger partial charge is 0.490 e. The van der Waals surface area contributed by atoms with Gasteiger partial charge in [0.1, 0.15) is 0 Å². The quantitative estimate of drug-likeness (QED) is 0.394. The van der Waals surface area contributed by atoms with E-state index in [0.29, 0.717) is 30.5 Å². The summed E-state index contributed by atoms with van der Waals surface area (Å²) < 4.78 is 34.2. The molecule has 1 atom stereocenters. The van der Waals surface area contributed by atoms with Crippen LogP contribution in [0.1, 0.15) is 46.2 Å². The van der Waals surface area contributed by atoms with Gasteiger partial charge in [-0.05, 0) is 56.5 Å². The molecule has 0 spiro atoms. The Morgan fingerprint density at radius 1 is 1.13 bits per heavy atom. The fraction of sp³-hybridized carbons (Fsp3) is 0.464. The zero-order valence-electron chi connectivity index (χ0n) is 22.7. The van der Waals surface area contributed by atoms with Gasteiger partial charge in [0, 0.05) is 28.7 Å². The second-order valence-corrected chi connectivity index (χ2v) is 11.0. The molecule has 1 aliphatic rings. The van der Waals surface area contributed by atoms with Crippen LogP contribution in [0.4, 0.5) is 16.0 Å². The third-order valence-corrected chi connectivity index (χ3v) is 6.75. The van der Waals surface area contributed by atoms with E-state index in [-0.39, 0.29) is 30.1 Å². The molecular formula is C28H34ClFN4O5. The Hall–Kier alpha value is -3.21. The van der Waals surface area contributed by atoms with Gasteiger partial charge in [-0.25, -0.2) is 18.5 Å². The minimum absolute atomic E-state index is 0.0177. The molecule has 1 aliphatic heterocycles. The normalized spacial score (nSPS) is 16.3. The van der Waals surface area contributed by atoms with Crippen molar-refractivity contribution in [2.75, 3.05) is 25.1 Å². The van der Waals surface area contributed by atoms with Crippen LogP contribution in [-0.4, -0.2) is 39.7 Å². The van der Waals surface area contributed by atoms with Crippen LogP contribution < -0.4 is 21.4 Å². The summed E-state index contributed by atoms with van der Waals surface area (Å²) in [6, 6.07) is 10.8. The third-order valence-electron chi connectivity index (χ3n) is 6.49. The molecule has 0 bridgehead atoms. The van der Waals surface area contributed by atoms with Crippen LogP contribution in [0.3, 0.4) is 0 Å². The summed E-state index contributed by atoms with van der Waals surface area (Å²) in [6.45, 7) is 10.4. The van der Waals surface area contributed by atoms with E-state index in [1.807, 2.05) is 27.7 Å². The van der Waals surface area contributed by atoms with Crippen molar-refractivity contribution in [3.63, 3.8) is 0 Å². The predicted octanol–water partition coefficient (Wildman–Crippen LogP) is 4.98. The van der Waals surface area contributed by atoms with Crippen molar-refractivity contribution < 1.29 is 18.6 Å². The molecule has 39 heavy (non-hydrogen) atoms. The van der Waals surface area contributed by atoms with Crippen molar-refractivity contribution >= 4 is 23.2 Å². The molecule has 0 amide bonds. The molecule has 0 saturated carbocycles. The maximum absolute atomic E-state index is 14.7. The third kappa shape index (κ3) is 7.06. The molecule has 11 heteroatoms. The highest BCUT2D eigenvalue weighted by Crippen LogP contribution is 2.27. The smallest absolute Gasteiger partial charge is 0.355 e. The van der Waals surface area contributed by atoms with Crippen LogP contribution in [-0.2, 0) is 16.0 Å². The number of rotatable bonds is 9. The minimum Gasteiger partial charge on any atom is -0.490 e. The summed E-state index contributed by atoms with van der Waals surface area (Å²) in [5.74, 6) is -1.20. The van der Waals surface area contributed by atoms with Crippen LogP contribution >= 0.6 is 11.6 Å². The molecule has 0 aliphatic carbocycles. The first-order valence-corrected chi connectivity index (χ1v) is 13.3. The summed E-state index contributed by atoms with van der Waals surface area (Å²) in [5.41, 5.74) is -0.228. The Bertz CT molecular complexity index is 1410. The van der Waals surface area contributed by atoms with Crippen molar-refractivity contribution in [1.82, 2.24) is 14.1 Å². The Kier molecular flexibility index (Phi) is 8.78.